The third-order valence-electron chi connectivity index (χ3n) is 4.62. The van der Waals surface area contributed by atoms with Gasteiger partial charge in [0.05, 0.1) is 20.4 Å². The molecule has 0 radical (unpaired) electrons. The van der Waals surface area contributed by atoms with Crippen molar-refractivity contribution < 1.29 is 14.3 Å². The first kappa shape index (κ1) is 19.4. The first-order chi connectivity index (χ1) is 13.0. The molecule has 1 fully saturated rings. The van der Waals surface area contributed by atoms with Crippen molar-refractivity contribution in [3.63, 3.8) is 0 Å². The van der Waals surface area contributed by atoms with E-state index in [0.29, 0.717) is 31.1 Å². The molecule has 146 valence electrons. The summed E-state index contributed by atoms with van der Waals surface area (Å²) in [6.07, 6.45) is -0.242. The van der Waals surface area contributed by atoms with Gasteiger partial charge in [-0.05, 0) is 43.4 Å². The van der Waals surface area contributed by atoms with Crippen molar-refractivity contribution in [3.05, 3.63) is 29.0 Å². The molecule has 1 aliphatic rings. The Bertz CT molecular complexity index is 838. The van der Waals surface area contributed by atoms with Crippen LogP contribution >= 0.6 is 12.2 Å². The number of amides is 1. The second-order valence-electron chi connectivity index (χ2n) is 6.34. The molecular formula is C18H25N5O3S. The highest BCUT2D eigenvalue weighted by Crippen LogP contribution is 2.21. The zero-order valence-electron chi connectivity index (χ0n) is 15.9. The Morgan fingerprint density at radius 3 is 2.44 bits per heavy atom. The normalized spacial score (nSPS) is 15.0. The number of benzene rings is 1. The SMILES string of the molecule is CCOC(=O)N1CCN(Cn2nc(-c3ccc(OC)cc3)n(C)c2=S)CC1. The smallest absolute Gasteiger partial charge is 0.409 e. The Kier molecular flexibility index (Phi) is 6.12. The fourth-order valence-corrected chi connectivity index (χ4v) is 3.23. The maximum atomic E-state index is 11.8. The summed E-state index contributed by atoms with van der Waals surface area (Å²) in [5.41, 5.74) is 0.982. The van der Waals surface area contributed by atoms with Gasteiger partial charge in [-0.3, -0.25) is 4.90 Å². The van der Waals surface area contributed by atoms with Gasteiger partial charge >= 0.3 is 6.09 Å². The van der Waals surface area contributed by atoms with Crippen molar-refractivity contribution in [1.29, 1.82) is 0 Å². The molecule has 0 saturated carbocycles. The predicted molar refractivity (Wildman–Crippen MR) is 104 cm³/mol. The van der Waals surface area contributed by atoms with Crippen LogP contribution in [0.3, 0.4) is 0 Å². The molecule has 2 heterocycles. The van der Waals surface area contributed by atoms with Crippen molar-refractivity contribution >= 4 is 18.3 Å². The summed E-state index contributed by atoms with van der Waals surface area (Å²) in [6.45, 7) is 5.62. The Morgan fingerprint density at radius 1 is 1.19 bits per heavy atom. The van der Waals surface area contributed by atoms with Crippen LogP contribution in [0, 0.1) is 4.77 Å². The van der Waals surface area contributed by atoms with Gasteiger partial charge in [0, 0.05) is 38.8 Å². The fraction of sp³-hybridized carbons (Fsp3) is 0.500. The van der Waals surface area contributed by atoms with Crippen LogP contribution < -0.4 is 4.74 Å². The number of rotatable bonds is 5. The van der Waals surface area contributed by atoms with E-state index in [-0.39, 0.29) is 6.09 Å². The zero-order valence-corrected chi connectivity index (χ0v) is 16.7. The Morgan fingerprint density at radius 2 is 1.85 bits per heavy atom. The van der Waals surface area contributed by atoms with Crippen LogP contribution in [-0.4, -0.2) is 70.1 Å². The summed E-state index contributed by atoms with van der Waals surface area (Å²) in [7, 11) is 3.57. The number of carbonyl (C=O) groups is 1. The molecule has 0 atom stereocenters. The van der Waals surface area contributed by atoms with Crippen LogP contribution in [0.1, 0.15) is 6.92 Å². The molecule has 0 N–H and O–H groups in total. The molecule has 2 aromatic rings. The Balaban J connectivity index is 1.68. The van der Waals surface area contributed by atoms with Crippen LogP contribution in [-0.2, 0) is 18.5 Å². The van der Waals surface area contributed by atoms with Gasteiger partial charge in [0.1, 0.15) is 5.75 Å². The van der Waals surface area contributed by atoms with Crippen molar-refractivity contribution in [3.8, 4) is 17.1 Å². The van der Waals surface area contributed by atoms with Crippen LogP contribution in [0.4, 0.5) is 4.79 Å². The molecule has 1 aromatic heterocycles. The molecule has 1 aliphatic heterocycles. The number of hydrogen-bond acceptors (Lipinski definition) is 6. The molecule has 0 unspecified atom stereocenters. The summed E-state index contributed by atoms with van der Waals surface area (Å²) in [5.74, 6) is 1.62. The van der Waals surface area contributed by atoms with Crippen molar-refractivity contribution in [2.75, 3.05) is 39.9 Å². The quantitative estimate of drug-likeness (QED) is 0.729. The molecule has 0 aliphatic carbocycles. The summed E-state index contributed by atoms with van der Waals surface area (Å²) in [5, 5.41) is 4.70. The molecule has 0 bridgehead atoms. The maximum Gasteiger partial charge on any atom is 0.409 e. The van der Waals surface area contributed by atoms with Crippen molar-refractivity contribution in [2.45, 2.75) is 13.6 Å². The average Bonchev–Trinajstić information content (AvgIpc) is 2.97. The van der Waals surface area contributed by atoms with E-state index in [2.05, 4.69) is 4.90 Å². The highest BCUT2D eigenvalue weighted by molar-refractivity contribution is 7.71. The molecule has 27 heavy (non-hydrogen) atoms. The average molecular weight is 391 g/mol. The minimum atomic E-state index is -0.242. The van der Waals surface area contributed by atoms with Crippen LogP contribution in [0.5, 0.6) is 5.75 Å². The number of aromatic nitrogens is 3. The van der Waals surface area contributed by atoms with E-state index < -0.39 is 0 Å². The minimum absolute atomic E-state index is 0.242. The van der Waals surface area contributed by atoms with Crippen LogP contribution in [0.15, 0.2) is 24.3 Å². The Hall–Kier alpha value is -2.39. The molecule has 1 saturated heterocycles. The number of carbonyl (C=O) groups excluding carboxylic acids is 1. The third kappa shape index (κ3) is 4.30. The van der Waals surface area contributed by atoms with E-state index in [0.717, 1.165) is 30.2 Å². The lowest BCUT2D eigenvalue weighted by Crippen LogP contribution is -2.49. The van der Waals surface area contributed by atoms with E-state index in [1.165, 1.54) is 0 Å². The molecule has 3 rings (SSSR count). The minimum Gasteiger partial charge on any atom is -0.497 e. The van der Waals surface area contributed by atoms with E-state index >= 15 is 0 Å². The number of piperazine rings is 1. The summed E-state index contributed by atoms with van der Waals surface area (Å²) in [6, 6.07) is 7.76. The highest BCUT2D eigenvalue weighted by Gasteiger charge is 2.22. The number of hydrogen-bond donors (Lipinski definition) is 0. The van der Waals surface area contributed by atoms with Gasteiger partial charge in [0.25, 0.3) is 0 Å². The highest BCUT2D eigenvalue weighted by atomic mass is 32.1. The van der Waals surface area contributed by atoms with E-state index in [9.17, 15) is 4.79 Å². The molecular weight excluding hydrogens is 366 g/mol. The van der Waals surface area contributed by atoms with Gasteiger partial charge < -0.3 is 18.9 Å². The zero-order chi connectivity index (χ0) is 19.4. The van der Waals surface area contributed by atoms with Gasteiger partial charge in [-0.25, -0.2) is 9.48 Å². The number of ether oxygens (including phenoxy) is 2. The Labute approximate surface area is 163 Å². The van der Waals surface area contributed by atoms with Crippen molar-refractivity contribution in [1.82, 2.24) is 24.1 Å². The summed E-state index contributed by atoms with van der Waals surface area (Å²) in [4.78, 5) is 15.8. The standard InChI is InChI=1S/C18H25N5O3S/c1-4-26-18(24)22-11-9-21(10-12-22)13-23-17(27)20(2)16(19-23)14-5-7-15(25-3)8-6-14/h5-8H,4,9-13H2,1-3H3. The lowest BCUT2D eigenvalue weighted by Gasteiger charge is -2.33. The monoisotopic (exact) mass is 391 g/mol. The lowest BCUT2D eigenvalue weighted by molar-refractivity contribution is 0.0691. The van der Waals surface area contributed by atoms with E-state index in [1.807, 2.05) is 47.5 Å². The maximum absolute atomic E-state index is 11.8. The second-order valence-corrected chi connectivity index (χ2v) is 6.70. The van der Waals surface area contributed by atoms with Crippen LogP contribution in [0.2, 0.25) is 0 Å². The molecule has 1 amide bonds. The molecule has 1 aromatic carbocycles. The van der Waals surface area contributed by atoms with Crippen LogP contribution in [0.25, 0.3) is 11.4 Å². The number of nitrogens with zero attached hydrogens (tertiary/aromatic N) is 5. The van der Waals surface area contributed by atoms with Gasteiger partial charge in [0.15, 0.2) is 10.6 Å². The molecule has 9 heteroatoms. The first-order valence-corrected chi connectivity index (χ1v) is 9.36. The van der Waals surface area contributed by atoms with Gasteiger partial charge in [-0.2, -0.15) is 5.10 Å². The molecule has 8 nitrogen and oxygen atoms in total. The fourth-order valence-electron chi connectivity index (χ4n) is 3.05. The predicted octanol–water partition coefficient (Wildman–Crippen LogP) is 2.36. The largest absolute Gasteiger partial charge is 0.497 e. The van der Waals surface area contributed by atoms with Gasteiger partial charge in [0.2, 0.25) is 0 Å². The third-order valence-corrected chi connectivity index (χ3v) is 5.11. The van der Waals surface area contributed by atoms with Gasteiger partial charge in [-0.15, -0.1) is 0 Å². The number of methoxy groups -OCH3 is 1. The van der Waals surface area contributed by atoms with E-state index in [1.54, 1.807) is 12.0 Å². The first-order valence-electron chi connectivity index (χ1n) is 8.95. The topological polar surface area (TPSA) is 64.8 Å². The van der Waals surface area contributed by atoms with Gasteiger partial charge in [-0.1, -0.05) is 0 Å². The summed E-state index contributed by atoms with van der Waals surface area (Å²) < 4.78 is 14.7. The lowest BCUT2D eigenvalue weighted by atomic mass is 10.2. The second kappa shape index (κ2) is 8.53. The summed E-state index contributed by atoms with van der Waals surface area (Å²) >= 11 is 5.56. The molecule has 0 spiro atoms. The van der Waals surface area contributed by atoms with E-state index in [4.69, 9.17) is 26.8 Å². The van der Waals surface area contributed by atoms with Crippen molar-refractivity contribution in [2.24, 2.45) is 7.05 Å².